The molecule has 1 aromatic heterocycles. The molecule has 100 valence electrons. The SMILES string of the molecule is CC(COC(=O)c1cc2cc(N)ccc2s1)C(N)=O. The van der Waals surface area contributed by atoms with Crippen molar-refractivity contribution in [2.24, 2.45) is 11.7 Å². The van der Waals surface area contributed by atoms with Gasteiger partial charge in [0.05, 0.1) is 5.92 Å². The van der Waals surface area contributed by atoms with Gasteiger partial charge in [0, 0.05) is 10.4 Å². The topological polar surface area (TPSA) is 95.4 Å². The van der Waals surface area contributed by atoms with Crippen molar-refractivity contribution in [2.75, 3.05) is 12.3 Å². The number of nitrogen functional groups attached to an aromatic ring is 1. The summed E-state index contributed by atoms with van der Waals surface area (Å²) in [7, 11) is 0. The molecule has 0 saturated heterocycles. The second-order valence-electron chi connectivity index (χ2n) is 4.31. The van der Waals surface area contributed by atoms with Crippen LogP contribution in [0.3, 0.4) is 0 Å². The van der Waals surface area contributed by atoms with E-state index in [-0.39, 0.29) is 6.61 Å². The van der Waals surface area contributed by atoms with Gasteiger partial charge in [-0.25, -0.2) is 4.79 Å². The Bertz CT molecular complexity index is 636. The Balaban J connectivity index is 2.11. The summed E-state index contributed by atoms with van der Waals surface area (Å²) in [5, 5.41) is 0.903. The van der Waals surface area contributed by atoms with E-state index in [4.69, 9.17) is 16.2 Å². The molecule has 0 bridgehead atoms. The minimum atomic E-state index is -0.492. The van der Waals surface area contributed by atoms with Crippen molar-refractivity contribution in [1.82, 2.24) is 0 Å². The Morgan fingerprint density at radius 2 is 2.11 bits per heavy atom. The number of hydrogen-bond donors (Lipinski definition) is 2. The van der Waals surface area contributed by atoms with Gasteiger partial charge in [0.15, 0.2) is 0 Å². The molecule has 0 radical (unpaired) electrons. The van der Waals surface area contributed by atoms with Gasteiger partial charge in [0.2, 0.25) is 5.91 Å². The van der Waals surface area contributed by atoms with E-state index in [1.165, 1.54) is 11.3 Å². The molecule has 0 aliphatic carbocycles. The average Bonchev–Trinajstić information content (AvgIpc) is 2.78. The Kier molecular flexibility index (Phi) is 3.71. The highest BCUT2D eigenvalue weighted by atomic mass is 32.1. The zero-order valence-corrected chi connectivity index (χ0v) is 11.2. The predicted octanol–water partition coefficient (Wildman–Crippen LogP) is 1.76. The molecular formula is C13H14N2O3S. The molecule has 1 heterocycles. The van der Waals surface area contributed by atoms with Crippen LogP contribution in [-0.2, 0) is 9.53 Å². The maximum absolute atomic E-state index is 11.8. The third-order valence-electron chi connectivity index (χ3n) is 2.69. The molecule has 1 amide bonds. The number of hydrogen-bond acceptors (Lipinski definition) is 5. The smallest absolute Gasteiger partial charge is 0.348 e. The minimum absolute atomic E-state index is 0.00937. The van der Waals surface area contributed by atoms with Crippen LogP contribution in [0.4, 0.5) is 5.69 Å². The van der Waals surface area contributed by atoms with E-state index in [2.05, 4.69) is 0 Å². The van der Waals surface area contributed by atoms with Crippen LogP contribution in [-0.4, -0.2) is 18.5 Å². The lowest BCUT2D eigenvalue weighted by atomic mass is 10.2. The fraction of sp³-hybridized carbons (Fsp3) is 0.231. The summed E-state index contributed by atoms with van der Waals surface area (Å²) in [4.78, 5) is 23.2. The molecule has 4 N–H and O–H groups in total. The van der Waals surface area contributed by atoms with Gasteiger partial charge in [-0.15, -0.1) is 11.3 Å². The van der Waals surface area contributed by atoms with Gasteiger partial charge < -0.3 is 16.2 Å². The fourth-order valence-electron chi connectivity index (χ4n) is 1.52. The van der Waals surface area contributed by atoms with Crippen molar-refractivity contribution < 1.29 is 14.3 Å². The van der Waals surface area contributed by atoms with Crippen LogP contribution in [0.25, 0.3) is 10.1 Å². The summed E-state index contributed by atoms with van der Waals surface area (Å²) < 4.78 is 6.01. The molecule has 2 rings (SSSR count). The Hall–Kier alpha value is -2.08. The number of thiophene rings is 1. The maximum atomic E-state index is 11.8. The summed E-state index contributed by atoms with van der Waals surface area (Å²) in [5.41, 5.74) is 11.4. The number of carbonyl (C=O) groups is 2. The highest BCUT2D eigenvalue weighted by Gasteiger charge is 2.15. The van der Waals surface area contributed by atoms with Gasteiger partial charge in [-0.3, -0.25) is 4.79 Å². The lowest BCUT2D eigenvalue weighted by Gasteiger charge is -2.07. The number of amides is 1. The molecule has 6 heteroatoms. The van der Waals surface area contributed by atoms with Crippen molar-refractivity contribution >= 4 is 39.0 Å². The van der Waals surface area contributed by atoms with Gasteiger partial charge in [0.1, 0.15) is 11.5 Å². The van der Waals surface area contributed by atoms with E-state index in [0.717, 1.165) is 10.1 Å². The molecule has 1 aromatic carbocycles. The van der Waals surface area contributed by atoms with Crippen LogP contribution in [0, 0.1) is 5.92 Å². The number of fused-ring (bicyclic) bond motifs is 1. The van der Waals surface area contributed by atoms with E-state index < -0.39 is 17.8 Å². The van der Waals surface area contributed by atoms with Crippen LogP contribution >= 0.6 is 11.3 Å². The van der Waals surface area contributed by atoms with E-state index in [1.807, 2.05) is 6.07 Å². The second-order valence-corrected chi connectivity index (χ2v) is 5.39. The molecular weight excluding hydrogens is 264 g/mol. The Morgan fingerprint density at radius 3 is 2.79 bits per heavy atom. The molecule has 5 nitrogen and oxygen atoms in total. The quantitative estimate of drug-likeness (QED) is 0.658. The lowest BCUT2D eigenvalue weighted by Crippen LogP contribution is -2.25. The molecule has 0 aliphatic rings. The first-order chi connectivity index (χ1) is 8.97. The van der Waals surface area contributed by atoms with Gasteiger partial charge in [0.25, 0.3) is 0 Å². The number of anilines is 1. The number of ether oxygens (including phenoxy) is 1. The van der Waals surface area contributed by atoms with Crippen LogP contribution in [0.15, 0.2) is 24.3 Å². The standard InChI is InChI=1S/C13H14N2O3S/c1-7(12(15)16)6-18-13(17)11-5-8-4-9(14)2-3-10(8)19-11/h2-5,7H,6,14H2,1H3,(H2,15,16). The molecule has 0 spiro atoms. The highest BCUT2D eigenvalue weighted by Crippen LogP contribution is 2.27. The molecule has 0 aliphatic heterocycles. The summed E-state index contributed by atoms with van der Waals surface area (Å²) in [6, 6.07) is 7.17. The zero-order valence-electron chi connectivity index (χ0n) is 10.4. The molecule has 0 saturated carbocycles. The predicted molar refractivity (Wildman–Crippen MR) is 74.9 cm³/mol. The monoisotopic (exact) mass is 278 g/mol. The molecule has 19 heavy (non-hydrogen) atoms. The van der Waals surface area contributed by atoms with E-state index >= 15 is 0 Å². The molecule has 0 fully saturated rings. The first-order valence-electron chi connectivity index (χ1n) is 5.73. The second kappa shape index (κ2) is 5.27. The summed E-state index contributed by atoms with van der Waals surface area (Å²) >= 11 is 1.33. The first kappa shape index (κ1) is 13.4. The lowest BCUT2D eigenvalue weighted by molar-refractivity contribution is -0.122. The average molecular weight is 278 g/mol. The van der Waals surface area contributed by atoms with Crippen molar-refractivity contribution in [1.29, 1.82) is 0 Å². The van der Waals surface area contributed by atoms with Gasteiger partial charge in [-0.1, -0.05) is 6.92 Å². The number of primary amides is 1. The van der Waals surface area contributed by atoms with Gasteiger partial charge >= 0.3 is 5.97 Å². The van der Waals surface area contributed by atoms with Crippen molar-refractivity contribution in [3.8, 4) is 0 Å². The number of rotatable bonds is 4. The van der Waals surface area contributed by atoms with Crippen molar-refractivity contribution in [3.05, 3.63) is 29.1 Å². The normalized spacial score (nSPS) is 12.3. The summed E-state index contributed by atoms with van der Waals surface area (Å²) in [6.45, 7) is 1.60. The third kappa shape index (κ3) is 3.03. The van der Waals surface area contributed by atoms with Crippen LogP contribution in [0.5, 0.6) is 0 Å². The molecule has 1 unspecified atom stereocenters. The third-order valence-corrected chi connectivity index (χ3v) is 3.79. The number of esters is 1. The van der Waals surface area contributed by atoms with Crippen LogP contribution in [0.1, 0.15) is 16.6 Å². The number of carbonyl (C=O) groups excluding carboxylic acids is 2. The largest absolute Gasteiger partial charge is 0.461 e. The van der Waals surface area contributed by atoms with Gasteiger partial charge in [-0.2, -0.15) is 0 Å². The van der Waals surface area contributed by atoms with E-state index in [0.29, 0.717) is 10.6 Å². The molecule has 1 atom stereocenters. The van der Waals surface area contributed by atoms with E-state index in [1.54, 1.807) is 25.1 Å². The van der Waals surface area contributed by atoms with Crippen LogP contribution in [0.2, 0.25) is 0 Å². The Labute approximate surface area is 114 Å². The van der Waals surface area contributed by atoms with Crippen LogP contribution < -0.4 is 11.5 Å². The number of benzene rings is 1. The highest BCUT2D eigenvalue weighted by molar-refractivity contribution is 7.20. The first-order valence-corrected chi connectivity index (χ1v) is 6.54. The zero-order chi connectivity index (χ0) is 14.0. The maximum Gasteiger partial charge on any atom is 0.348 e. The summed E-state index contributed by atoms with van der Waals surface area (Å²) in [5.74, 6) is -1.43. The minimum Gasteiger partial charge on any atom is -0.461 e. The Morgan fingerprint density at radius 1 is 1.37 bits per heavy atom. The fourth-order valence-corrected chi connectivity index (χ4v) is 2.45. The number of nitrogens with two attached hydrogens (primary N) is 2. The van der Waals surface area contributed by atoms with E-state index in [9.17, 15) is 9.59 Å². The molecule has 2 aromatic rings. The summed E-state index contributed by atoms with van der Waals surface area (Å²) in [6.07, 6.45) is 0. The van der Waals surface area contributed by atoms with Crippen molar-refractivity contribution in [2.45, 2.75) is 6.92 Å². The van der Waals surface area contributed by atoms with Gasteiger partial charge in [-0.05, 0) is 29.7 Å². The van der Waals surface area contributed by atoms with Crippen molar-refractivity contribution in [3.63, 3.8) is 0 Å².